The lowest BCUT2D eigenvalue weighted by Gasteiger charge is -2.17. The predicted octanol–water partition coefficient (Wildman–Crippen LogP) is 0.0264. The van der Waals surface area contributed by atoms with Gasteiger partial charge in [-0.1, -0.05) is 0 Å². The molecular weight excluding hydrogens is 278 g/mol. The highest BCUT2D eigenvalue weighted by Crippen LogP contribution is 2.05. The third-order valence-electron chi connectivity index (χ3n) is 3.15. The molecule has 0 saturated carbocycles. The molecule has 1 aromatic heterocycles. The Labute approximate surface area is 121 Å². The van der Waals surface area contributed by atoms with Crippen LogP contribution < -0.4 is 10.0 Å². The molecular formula is C12H25N5O2S. The van der Waals surface area contributed by atoms with Gasteiger partial charge in [0.25, 0.3) is 10.2 Å². The third-order valence-corrected chi connectivity index (χ3v) is 4.72. The molecule has 7 nitrogen and oxygen atoms in total. The molecule has 3 N–H and O–H groups in total. The number of aromatic nitrogens is 2. The fourth-order valence-corrected chi connectivity index (χ4v) is 2.81. The van der Waals surface area contributed by atoms with Crippen molar-refractivity contribution < 1.29 is 8.42 Å². The molecule has 20 heavy (non-hydrogen) atoms. The molecule has 0 aliphatic carbocycles. The van der Waals surface area contributed by atoms with Crippen molar-refractivity contribution in [3.05, 3.63) is 17.5 Å². The average Bonchev–Trinajstić information content (AvgIpc) is 2.80. The highest BCUT2D eigenvalue weighted by Gasteiger charge is 2.15. The summed E-state index contributed by atoms with van der Waals surface area (Å²) < 4.78 is 27.8. The van der Waals surface area contributed by atoms with Gasteiger partial charge in [-0.2, -0.15) is 17.8 Å². The summed E-state index contributed by atoms with van der Waals surface area (Å²) in [6.07, 6.45) is 4.15. The summed E-state index contributed by atoms with van der Waals surface area (Å²) in [7, 11) is 0.0874. The topological polar surface area (TPSA) is 90.1 Å². The van der Waals surface area contributed by atoms with Crippen LogP contribution in [-0.4, -0.2) is 56.6 Å². The molecule has 0 amide bonds. The highest BCUT2D eigenvalue weighted by atomic mass is 32.2. The van der Waals surface area contributed by atoms with Gasteiger partial charge in [0, 0.05) is 25.8 Å². The van der Waals surface area contributed by atoms with Crippen LogP contribution in [0.2, 0.25) is 0 Å². The number of aromatic amines is 1. The minimum Gasteiger partial charge on any atom is -0.320 e. The largest absolute Gasteiger partial charge is 0.320 e. The van der Waals surface area contributed by atoms with Gasteiger partial charge >= 0.3 is 0 Å². The number of hydrogen-bond acceptors (Lipinski definition) is 4. The van der Waals surface area contributed by atoms with Gasteiger partial charge in [-0.25, -0.2) is 4.72 Å². The summed E-state index contributed by atoms with van der Waals surface area (Å²) in [5.41, 5.74) is 2.17. The minimum absolute atomic E-state index is 0.434. The van der Waals surface area contributed by atoms with Gasteiger partial charge < -0.3 is 5.32 Å². The second-order valence-electron chi connectivity index (χ2n) is 4.80. The molecule has 0 aliphatic heterocycles. The first-order chi connectivity index (χ1) is 9.47. The van der Waals surface area contributed by atoms with Gasteiger partial charge in [0.1, 0.15) is 0 Å². The van der Waals surface area contributed by atoms with E-state index in [4.69, 9.17) is 0 Å². The van der Waals surface area contributed by atoms with Crippen molar-refractivity contribution >= 4 is 10.2 Å². The van der Waals surface area contributed by atoms with Gasteiger partial charge in [-0.3, -0.25) is 5.10 Å². The fraction of sp³-hybridized carbons (Fsp3) is 0.750. The Kier molecular flexibility index (Phi) is 7.14. The van der Waals surface area contributed by atoms with Gasteiger partial charge in [0.15, 0.2) is 0 Å². The monoisotopic (exact) mass is 303 g/mol. The standard InChI is InChI=1S/C12H25N5O2S/c1-11-12(10-14-16-11)6-4-8-15-20(18,19)17(3)9-5-7-13-2/h10,13,15H,4-9H2,1-3H3,(H,14,16). The highest BCUT2D eigenvalue weighted by molar-refractivity contribution is 7.87. The summed E-state index contributed by atoms with van der Waals surface area (Å²) in [6, 6.07) is 0. The normalized spacial score (nSPS) is 12.2. The lowest BCUT2D eigenvalue weighted by molar-refractivity contribution is 0.447. The van der Waals surface area contributed by atoms with Crippen LogP contribution in [-0.2, 0) is 16.6 Å². The number of rotatable bonds is 10. The van der Waals surface area contributed by atoms with E-state index in [1.54, 1.807) is 13.2 Å². The smallest absolute Gasteiger partial charge is 0.279 e. The lowest BCUT2D eigenvalue weighted by atomic mass is 10.1. The molecule has 0 aromatic carbocycles. The first-order valence-corrected chi connectivity index (χ1v) is 8.25. The van der Waals surface area contributed by atoms with E-state index in [0.29, 0.717) is 13.1 Å². The van der Waals surface area contributed by atoms with Crippen molar-refractivity contribution in [1.29, 1.82) is 0 Å². The summed E-state index contributed by atoms with van der Waals surface area (Å²) >= 11 is 0. The first-order valence-electron chi connectivity index (χ1n) is 6.81. The minimum atomic E-state index is -3.36. The zero-order valence-corrected chi connectivity index (χ0v) is 13.3. The molecule has 0 atom stereocenters. The maximum Gasteiger partial charge on any atom is 0.279 e. The average molecular weight is 303 g/mol. The Hall–Kier alpha value is -0.960. The maximum absolute atomic E-state index is 11.9. The zero-order valence-electron chi connectivity index (χ0n) is 12.4. The van der Waals surface area contributed by atoms with Crippen LogP contribution >= 0.6 is 0 Å². The molecule has 0 bridgehead atoms. The number of H-pyrrole nitrogens is 1. The van der Waals surface area contributed by atoms with Crippen LogP contribution in [0, 0.1) is 6.92 Å². The van der Waals surface area contributed by atoms with Crippen LogP contribution in [0.3, 0.4) is 0 Å². The van der Waals surface area contributed by atoms with Crippen molar-refractivity contribution in [2.24, 2.45) is 0 Å². The van der Waals surface area contributed by atoms with Crippen molar-refractivity contribution in [2.45, 2.75) is 26.2 Å². The molecule has 0 fully saturated rings. The lowest BCUT2D eigenvalue weighted by Crippen LogP contribution is -2.39. The number of aryl methyl sites for hydroxylation is 2. The summed E-state index contributed by atoms with van der Waals surface area (Å²) in [5, 5.41) is 9.81. The number of hydrogen-bond donors (Lipinski definition) is 3. The molecule has 0 radical (unpaired) electrons. The Morgan fingerprint density at radius 1 is 1.35 bits per heavy atom. The summed E-state index contributed by atoms with van der Waals surface area (Å²) in [4.78, 5) is 0. The van der Waals surface area contributed by atoms with E-state index in [-0.39, 0.29) is 0 Å². The van der Waals surface area contributed by atoms with E-state index in [1.165, 1.54) is 4.31 Å². The van der Waals surface area contributed by atoms with Gasteiger partial charge in [-0.15, -0.1) is 0 Å². The predicted molar refractivity (Wildman–Crippen MR) is 79.7 cm³/mol. The molecule has 1 heterocycles. The molecule has 1 aromatic rings. The molecule has 116 valence electrons. The van der Waals surface area contributed by atoms with E-state index in [2.05, 4.69) is 20.2 Å². The van der Waals surface area contributed by atoms with Crippen LogP contribution in [0.15, 0.2) is 6.20 Å². The molecule has 0 saturated heterocycles. The van der Waals surface area contributed by atoms with Crippen molar-refractivity contribution in [1.82, 2.24) is 24.5 Å². The maximum atomic E-state index is 11.9. The van der Waals surface area contributed by atoms with Crippen LogP contribution in [0.4, 0.5) is 0 Å². The number of nitrogens with one attached hydrogen (secondary N) is 3. The van der Waals surface area contributed by atoms with Gasteiger partial charge in [0.2, 0.25) is 0 Å². The molecule has 1 rings (SSSR count). The SMILES string of the molecule is CNCCCN(C)S(=O)(=O)NCCCc1cn[nH]c1C. The second-order valence-corrected chi connectivity index (χ2v) is 6.66. The van der Waals surface area contributed by atoms with Crippen LogP contribution in [0.25, 0.3) is 0 Å². The van der Waals surface area contributed by atoms with E-state index in [9.17, 15) is 8.42 Å². The molecule has 0 aliphatic rings. The second kappa shape index (κ2) is 8.35. The Morgan fingerprint density at radius 3 is 2.70 bits per heavy atom. The van der Waals surface area contributed by atoms with E-state index >= 15 is 0 Å². The van der Waals surface area contributed by atoms with Crippen molar-refractivity contribution in [3.63, 3.8) is 0 Å². The van der Waals surface area contributed by atoms with Crippen molar-refractivity contribution in [3.8, 4) is 0 Å². The Balaban J connectivity index is 2.27. The van der Waals surface area contributed by atoms with E-state index < -0.39 is 10.2 Å². The Morgan fingerprint density at radius 2 is 2.10 bits per heavy atom. The third kappa shape index (κ3) is 5.58. The van der Waals surface area contributed by atoms with Crippen molar-refractivity contribution in [2.75, 3.05) is 33.7 Å². The van der Waals surface area contributed by atoms with E-state index in [1.807, 2.05) is 14.0 Å². The van der Waals surface area contributed by atoms with Gasteiger partial charge in [-0.05, 0) is 45.3 Å². The molecule has 0 unspecified atom stereocenters. The summed E-state index contributed by atoms with van der Waals surface area (Å²) in [6.45, 7) is 3.71. The van der Waals surface area contributed by atoms with Gasteiger partial charge in [0.05, 0.1) is 6.20 Å². The molecule has 8 heteroatoms. The first kappa shape index (κ1) is 17.1. The summed E-state index contributed by atoms with van der Waals surface area (Å²) in [5.74, 6) is 0. The zero-order chi connectivity index (χ0) is 15.0. The van der Waals surface area contributed by atoms with E-state index in [0.717, 1.165) is 37.1 Å². The van der Waals surface area contributed by atoms with Crippen LogP contribution in [0.1, 0.15) is 24.1 Å². The number of nitrogens with zero attached hydrogens (tertiary/aromatic N) is 2. The quantitative estimate of drug-likeness (QED) is 0.532. The molecule has 0 spiro atoms. The Bertz CT molecular complexity index is 486. The van der Waals surface area contributed by atoms with Crippen LogP contribution in [0.5, 0.6) is 0 Å². The fourth-order valence-electron chi connectivity index (χ4n) is 1.82.